The van der Waals surface area contributed by atoms with Crippen molar-refractivity contribution < 1.29 is 0 Å². The van der Waals surface area contributed by atoms with Gasteiger partial charge in [0, 0.05) is 16.7 Å². The maximum Gasteiger partial charge on any atom is 0.164 e. The highest BCUT2D eigenvalue weighted by Crippen LogP contribution is 2.63. The van der Waals surface area contributed by atoms with Crippen LogP contribution in [-0.4, -0.2) is 15.0 Å². The van der Waals surface area contributed by atoms with Crippen LogP contribution in [0.15, 0.2) is 297 Å². The second-order valence-electron chi connectivity index (χ2n) is 21.4. The fourth-order valence-electron chi connectivity index (χ4n) is 13.2. The molecule has 376 valence electrons. The Balaban J connectivity index is 0.877. The molecule has 0 saturated heterocycles. The zero-order valence-corrected chi connectivity index (χ0v) is 44.1. The lowest BCUT2D eigenvalue weighted by Crippen LogP contribution is -2.25. The smallest absolute Gasteiger partial charge is 0.164 e. The van der Waals surface area contributed by atoms with Crippen LogP contribution in [0.1, 0.15) is 22.3 Å². The Morgan fingerprint density at radius 1 is 0.185 bits per heavy atom. The van der Waals surface area contributed by atoms with Crippen LogP contribution < -0.4 is 0 Å². The van der Waals surface area contributed by atoms with Gasteiger partial charge in [0.05, 0.1) is 5.41 Å². The van der Waals surface area contributed by atoms with Crippen LogP contribution >= 0.6 is 0 Å². The van der Waals surface area contributed by atoms with Gasteiger partial charge in [-0.15, -0.1) is 0 Å². The molecule has 2 aliphatic carbocycles. The molecule has 1 spiro atoms. The van der Waals surface area contributed by atoms with Gasteiger partial charge in [-0.25, -0.2) is 15.0 Å². The Kier molecular flexibility index (Phi) is 10.8. The number of nitrogens with zero attached hydrogens (tertiary/aromatic N) is 3. The fraction of sp³-hybridized carbons (Fsp3) is 0.0128. The van der Waals surface area contributed by atoms with Gasteiger partial charge in [0.25, 0.3) is 0 Å². The quantitative estimate of drug-likeness (QED) is 0.152. The van der Waals surface area contributed by atoms with Crippen molar-refractivity contribution in [3.05, 3.63) is 320 Å². The predicted molar refractivity (Wildman–Crippen MR) is 335 cm³/mol. The van der Waals surface area contributed by atoms with E-state index in [4.69, 9.17) is 15.0 Å². The summed E-state index contributed by atoms with van der Waals surface area (Å²) in [5.74, 6) is 1.83. The molecule has 0 atom stereocenters. The molecule has 0 fully saturated rings. The van der Waals surface area contributed by atoms with E-state index in [-0.39, 0.29) is 0 Å². The van der Waals surface area contributed by atoms with Crippen LogP contribution in [0.4, 0.5) is 0 Å². The molecule has 13 aromatic carbocycles. The molecule has 1 aromatic heterocycles. The zero-order valence-electron chi connectivity index (χ0n) is 44.1. The van der Waals surface area contributed by atoms with Gasteiger partial charge in [0.2, 0.25) is 0 Å². The van der Waals surface area contributed by atoms with Crippen LogP contribution in [0.5, 0.6) is 0 Å². The van der Waals surface area contributed by atoms with Crippen molar-refractivity contribution in [1.29, 1.82) is 0 Å². The summed E-state index contributed by atoms with van der Waals surface area (Å²) in [5.41, 5.74) is 24.1. The van der Waals surface area contributed by atoms with E-state index in [0.29, 0.717) is 17.5 Å². The van der Waals surface area contributed by atoms with Crippen LogP contribution in [-0.2, 0) is 5.41 Å². The maximum absolute atomic E-state index is 5.47. The van der Waals surface area contributed by atoms with E-state index >= 15 is 0 Å². The second kappa shape index (κ2) is 18.8. The summed E-state index contributed by atoms with van der Waals surface area (Å²) in [7, 11) is 0. The van der Waals surface area contributed by atoms with E-state index < -0.39 is 5.41 Å². The third-order valence-corrected chi connectivity index (χ3v) is 16.9. The summed E-state index contributed by atoms with van der Waals surface area (Å²) in [4.78, 5) is 16.4. The van der Waals surface area contributed by atoms with Crippen molar-refractivity contribution in [3.63, 3.8) is 0 Å². The number of hydrogen-bond donors (Lipinski definition) is 0. The molecule has 0 bridgehead atoms. The largest absolute Gasteiger partial charge is 0.208 e. The lowest BCUT2D eigenvalue weighted by molar-refractivity contribution is 0.794. The van der Waals surface area contributed by atoms with E-state index in [1.807, 2.05) is 0 Å². The summed E-state index contributed by atoms with van der Waals surface area (Å²) in [6.07, 6.45) is 0. The molecule has 16 rings (SSSR count). The molecule has 81 heavy (non-hydrogen) atoms. The van der Waals surface area contributed by atoms with Gasteiger partial charge in [-0.3, -0.25) is 0 Å². The first-order valence-corrected chi connectivity index (χ1v) is 27.8. The predicted octanol–water partition coefficient (Wildman–Crippen LogP) is 19.9. The van der Waals surface area contributed by atoms with Gasteiger partial charge < -0.3 is 0 Å². The monoisotopic (exact) mass is 1030 g/mol. The third kappa shape index (κ3) is 7.62. The first-order valence-electron chi connectivity index (χ1n) is 27.8. The van der Waals surface area contributed by atoms with Gasteiger partial charge in [0.1, 0.15) is 0 Å². The topological polar surface area (TPSA) is 38.7 Å². The van der Waals surface area contributed by atoms with Gasteiger partial charge in [0.15, 0.2) is 17.5 Å². The van der Waals surface area contributed by atoms with E-state index in [1.54, 1.807) is 0 Å². The highest BCUT2D eigenvalue weighted by Gasteiger charge is 2.51. The Hall–Kier alpha value is -10.6. The number of benzene rings is 13. The van der Waals surface area contributed by atoms with Gasteiger partial charge >= 0.3 is 0 Å². The van der Waals surface area contributed by atoms with Gasteiger partial charge in [-0.2, -0.15) is 0 Å². The molecule has 2 aliphatic rings. The van der Waals surface area contributed by atoms with Crippen molar-refractivity contribution in [2.24, 2.45) is 0 Å². The van der Waals surface area contributed by atoms with Crippen molar-refractivity contribution in [3.8, 4) is 112 Å². The summed E-state index contributed by atoms with van der Waals surface area (Å²) in [5, 5.41) is 4.65. The number of rotatable bonds is 8. The highest BCUT2D eigenvalue weighted by atomic mass is 15.0. The molecule has 0 aliphatic heterocycles. The minimum absolute atomic E-state index is 0.454. The minimum atomic E-state index is -0.454. The van der Waals surface area contributed by atoms with E-state index in [9.17, 15) is 0 Å². The summed E-state index contributed by atoms with van der Waals surface area (Å²) >= 11 is 0. The Labute approximate surface area is 470 Å². The Morgan fingerprint density at radius 3 is 1.01 bits per heavy atom. The lowest BCUT2D eigenvalue weighted by Gasteiger charge is -2.30. The molecular formula is C78H49N3. The summed E-state index contributed by atoms with van der Waals surface area (Å²) in [6.45, 7) is 0. The molecule has 0 saturated carbocycles. The molecule has 0 N–H and O–H groups in total. The average Bonchev–Trinajstić information content (AvgIpc) is 3.43. The van der Waals surface area contributed by atoms with E-state index in [1.165, 1.54) is 88.7 Å². The number of hydrogen-bond acceptors (Lipinski definition) is 3. The third-order valence-electron chi connectivity index (χ3n) is 16.9. The SMILES string of the molecule is c1ccc(-c2cc(-c3ccccc3)c3ccc(-c4cccc(-c5nc(-c6ccc7c(c6)-c6ccccc6C76c7ccccc7-c7ccccc76)nc(-c6ccc7c(-c8ccccc8)cc(-c8ccccc8)cc7c6)n5)c4)cc3c2)cc1. The van der Waals surface area contributed by atoms with Crippen LogP contribution in [0, 0.1) is 0 Å². The normalized spacial score (nSPS) is 12.5. The number of fused-ring (bicyclic) bond motifs is 12. The first kappa shape index (κ1) is 46.5. The molecule has 0 amide bonds. The minimum Gasteiger partial charge on any atom is -0.208 e. The van der Waals surface area contributed by atoms with Crippen LogP contribution in [0.3, 0.4) is 0 Å². The highest BCUT2D eigenvalue weighted by molar-refractivity contribution is 6.04. The maximum atomic E-state index is 5.47. The van der Waals surface area contributed by atoms with E-state index in [0.717, 1.165) is 49.7 Å². The lowest BCUT2D eigenvalue weighted by atomic mass is 9.70. The molecule has 14 aromatic rings. The standard InChI is InChI=1S/C78H49N3/c1-5-20-50(21-6-1)59-45-61-43-55(36-39-63(61)68(48-59)52-24-9-3-10-25-52)54-28-19-29-56(42-54)75-79-76(57-37-40-64-62(44-57)46-60(51-22-7-2-8-23-51)49-69(64)53-26-11-4-12-27-53)81-77(80-75)58-38-41-74-70(47-58)67-32-15-18-35-73(67)78(74)71-33-16-13-30-65(71)66-31-14-17-34-72(66)78/h1-49H. The second-order valence-corrected chi connectivity index (χ2v) is 21.4. The van der Waals surface area contributed by atoms with Crippen molar-refractivity contribution >= 4 is 21.5 Å². The summed E-state index contributed by atoms with van der Waals surface area (Å²) < 4.78 is 0. The first-order chi connectivity index (χ1) is 40.1. The van der Waals surface area contributed by atoms with Crippen molar-refractivity contribution in [2.45, 2.75) is 5.41 Å². The fourth-order valence-corrected chi connectivity index (χ4v) is 13.2. The van der Waals surface area contributed by atoms with Crippen molar-refractivity contribution in [2.75, 3.05) is 0 Å². The van der Waals surface area contributed by atoms with E-state index in [2.05, 4.69) is 297 Å². The van der Waals surface area contributed by atoms with Crippen molar-refractivity contribution in [1.82, 2.24) is 15.0 Å². The zero-order chi connectivity index (χ0) is 53.4. The number of aromatic nitrogens is 3. The molecule has 3 nitrogen and oxygen atoms in total. The molecule has 0 unspecified atom stereocenters. The van der Waals surface area contributed by atoms with Gasteiger partial charge in [-0.1, -0.05) is 249 Å². The Morgan fingerprint density at radius 2 is 0.506 bits per heavy atom. The molecule has 1 heterocycles. The molecule has 0 radical (unpaired) electrons. The van der Waals surface area contributed by atoms with Crippen LogP contribution in [0.25, 0.3) is 134 Å². The van der Waals surface area contributed by atoms with Gasteiger partial charge in [-0.05, 0) is 170 Å². The average molecular weight is 1030 g/mol. The van der Waals surface area contributed by atoms with Crippen LogP contribution in [0.2, 0.25) is 0 Å². The molecule has 3 heteroatoms. The Bertz CT molecular complexity index is 4750. The summed E-state index contributed by atoms with van der Waals surface area (Å²) in [6, 6.07) is 108. The molecular weight excluding hydrogens is 979 g/mol.